The molecular weight excluding hydrogens is 354 g/mol. The van der Waals surface area contributed by atoms with E-state index in [0.717, 1.165) is 31.6 Å². The van der Waals surface area contributed by atoms with Gasteiger partial charge in [-0.05, 0) is 38.1 Å². The molecule has 2 amide bonds. The topological polar surface area (TPSA) is 85.4 Å². The van der Waals surface area contributed by atoms with E-state index in [0.29, 0.717) is 13.1 Å². The Labute approximate surface area is 169 Å². The SMILES string of the molecule is CC(C)(C)/C(O)=C/C(N)=NC(=O)N1CCN(C[C@@H]2CCCN(C3CC3)C2)CC1. The Hall–Kier alpha value is -1.60. The number of carbonyl (C=O) groups is 1. The fourth-order valence-corrected chi connectivity index (χ4v) is 4.07. The highest BCUT2D eigenvalue weighted by Crippen LogP contribution is 2.31. The molecule has 0 bridgehead atoms. The fourth-order valence-electron chi connectivity index (χ4n) is 4.07. The zero-order valence-electron chi connectivity index (χ0n) is 17.7. The van der Waals surface area contributed by atoms with Crippen LogP contribution in [0.2, 0.25) is 0 Å². The van der Waals surface area contributed by atoms with E-state index in [-0.39, 0.29) is 17.6 Å². The van der Waals surface area contributed by atoms with Crippen LogP contribution in [0.3, 0.4) is 0 Å². The fraction of sp³-hybridized carbons (Fsp3) is 0.810. The normalized spacial score (nSPS) is 26.5. The lowest BCUT2D eigenvalue weighted by Gasteiger charge is -2.39. The number of carbonyl (C=O) groups excluding carboxylic acids is 1. The van der Waals surface area contributed by atoms with Crippen LogP contribution in [0.5, 0.6) is 0 Å². The summed E-state index contributed by atoms with van der Waals surface area (Å²) in [6.07, 6.45) is 6.80. The van der Waals surface area contributed by atoms with Crippen molar-refractivity contribution in [3.63, 3.8) is 0 Å². The summed E-state index contributed by atoms with van der Waals surface area (Å²) < 4.78 is 0. The van der Waals surface area contributed by atoms with Crippen molar-refractivity contribution >= 4 is 11.9 Å². The number of hydrogen-bond donors (Lipinski definition) is 2. The van der Waals surface area contributed by atoms with Crippen molar-refractivity contribution in [2.45, 2.75) is 52.5 Å². The van der Waals surface area contributed by atoms with Gasteiger partial charge in [0.15, 0.2) is 0 Å². The zero-order valence-corrected chi connectivity index (χ0v) is 17.7. The number of amides is 2. The second-order valence-electron chi connectivity index (χ2n) is 9.62. The number of amidine groups is 1. The summed E-state index contributed by atoms with van der Waals surface area (Å²) in [6.45, 7) is 12.5. The lowest BCUT2D eigenvalue weighted by Crippen LogP contribution is -2.50. The Morgan fingerprint density at radius 3 is 2.43 bits per heavy atom. The largest absolute Gasteiger partial charge is 0.512 e. The summed E-state index contributed by atoms with van der Waals surface area (Å²) in [4.78, 5) is 23.3. The van der Waals surface area contributed by atoms with Gasteiger partial charge >= 0.3 is 6.03 Å². The number of hydrogen-bond acceptors (Lipinski definition) is 4. The molecule has 2 saturated heterocycles. The highest BCUT2D eigenvalue weighted by molar-refractivity contribution is 5.99. The molecule has 0 aromatic rings. The van der Waals surface area contributed by atoms with Crippen molar-refractivity contribution in [3.05, 3.63) is 11.8 Å². The summed E-state index contributed by atoms with van der Waals surface area (Å²) >= 11 is 0. The number of allylic oxidation sites excluding steroid dienone is 1. The standard InChI is InChI=1S/C21H37N5O2/c1-21(2,3)18(27)13-19(22)23-20(28)25-11-9-24(10-12-25)14-16-5-4-8-26(15-16)17-6-7-17/h13,16-17,27H,4-12,14-15H2,1-3H3,(H2,22,23,28)/b18-13-/t16-/m0/s1. The maximum absolute atomic E-state index is 12.4. The highest BCUT2D eigenvalue weighted by atomic mass is 16.3. The Kier molecular flexibility index (Phi) is 6.65. The molecule has 3 fully saturated rings. The molecule has 0 aromatic heterocycles. The average molecular weight is 392 g/mol. The van der Waals surface area contributed by atoms with Crippen molar-refractivity contribution in [3.8, 4) is 0 Å². The molecular formula is C21H37N5O2. The van der Waals surface area contributed by atoms with E-state index < -0.39 is 5.41 Å². The number of nitrogens with zero attached hydrogens (tertiary/aromatic N) is 4. The van der Waals surface area contributed by atoms with Gasteiger partial charge in [-0.25, -0.2) is 4.79 Å². The van der Waals surface area contributed by atoms with Gasteiger partial charge in [0.2, 0.25) is 0 Å². The Balaban J connectivity index is 1.44. The summed E-state index contributed by atoms with van der Waals surface area (Å²) in [5.74, 6) is 0.942. The summed E-state index contributed by atoms with van der Waals surface area (Å²) in [7, 11) is 0. The monoisotopic (exact) mass is 391 g/mol. The second kappa shape index (κ2) is 8.82. The van der Waals surface area contributed by atoms with Gasteiger partial charge in [-0.15, -0.1) is 0 Å². The first-order valence-corrected chi connectivity index (χ1v) is 10.7. The molecule has 3 rings (SSSR count). The number of rotatable bonds is 4. The summed E-state index contributed by atoms with van der Waals surface area (Å²) in [5.41, 5.74) is 5.41. The van der Waals surface area contributed by atoms with Crippen molar-refractivity contribution in [2.24, 2.45) is 22.1 Å². The molecule has 1 saturated carbocycles. The molecule has 2 heterocycles. The number of likely N-dealkylation sites (tertiary alicyclic amines) is 1. The predicted octanol–water partition coefficient (Wildman–Crippen LogP) is 2.44. The Morgan fingerprint density at radius 1 is 1.14 bits per heavy atom. The molecule has 1 aliphatic carbocycles. The van der Waals surface area contributed by atoms with Gasteiger partial charge in [-0.1, -0.05) is 20.8 Å². The quantitative estimate of drug-likeness (QED) is 0.437. The third-order valence-corrected chi connectivity index (χ3v) is 6.05. The third-order valence-electron chi connectivity index (χ3n) is 6.05. The number of aliphatic imine (C=N–C) groups is 1. The maximum atomic E-state index is 12.4. The highest BCUT2D eigenvalue weighted by Gasteiger charge is 2.33. The minimum absolute atomic E-state index is 0.0576. The van der Waals surface area contributed by atoms with Crippen LogP contribution in [0.15, 0.2) is 16.8 Å². The van der Waals surface area contributed by atoms with Crippen LogP contribution in [-0.2, 0) is 0 Å². The molecule has 158 valence electrons. The summed E-state index contributed by atoms with van der Waals surface area (Å²) in [5, 5.41) is 9.99. The van der Waals surface area contributed by atoms with Crippen LogP contribution >= 0.6 is 0 Å². The van der Waals surface area contributed by atoms with E-state index >= 15 is 0 Å². The zero-order chi connectivity index (χ0) is 20.3. The van der Waals surface area contributed by atoms with Gasteiger partial charge in [0.25, 0.3) is 0 Å². The average Bonchev–Trinajstić information content (AvgIpc) is 3.47. The smallest absolute Gasteiger partial charge is 0.345 e. The molecule has 7 nitrogen and oxygen atoms in total. The van der Waals surface area contributed by atoms with Crippen LogP contribution in [0, 0.1) is 11.3 Å². The molecule has 0 spiro atoms. The molecule has 3 N–H and O–H groups in total. The van der Waals surface area contributed by atoms with E-state index in [9.17, 15) is 9.90 Å². The molecule has 1 atom stereocenters. The molecule has 0 unspecified atom stereocenters. The third kappa shape index (κ3) is 5.95. The molecule has 0 radical (unpaired) electrons. The van der Waals surface area contributed by atoms with Gasteiger partial charge in [-0.3, -0.25) is 4.90 Å². The van der Waals surface area contributed by atoms with Gasteiger partial charge < -0.3 is 20.6 Å². The molecule has 0 aromatic carbocycles. The predicted molar refractivity (Wildman–Crippen MR) is 113 cm³/mol. The van der Waals surface area contributed by atoms with E-state index in [1.165, 1.54) is 44.8 Å². The lowest BCUT2D eigenvalue weighted by molar-refractivity contribution is 0.0975. The van der Waals surface area contributed by atoms with Crippen LogP contribution in [0.25, 0.3) is 0 Å². The van der Waals surface area contributed by atoms with Gasteiger partial charge in [-0.2, -0.15) is 4.99 Å². The Bertz CT molecular complexity index is 613. The Morgan fingerprint density at radius 2 is 1.82 bits per heavy atom. The number of aliphatic hydroxyl groups excluding tert-OH is 1. The molecule has 28 heavy (non-hydrogen) atoms. The van der Waals surface area contributed by atoms with Crippen LogP contribution in [0.1, 0.15) is 46.5 Å². The number of urea groups is 1. The lowest BCUT2D eigenvalue weighted by atomic mass is 9.93. The van der Waals surface area contributed by atoms with E-state index in [1.807, 2.05) is 20.8 Å². The number of nitrogens with two attached hydrogens (primary N) is 1. The van der Waals surface area contributed by atoms with E-state index in [4.69, 9.17) is 5.73 Å². The first kappa shape index (κ1) is 21.1. The van der Waals surface area contributed by atoms with Crippen molar-refractivity contribution in [1.29, 1.82) is 0 Å². The van der Waals surface area contributed by atoms with Gasteiger partial charge in [0.05, 0.1) is 0 Å². The van der Waals surface area contributed by atoms with Crippen LogP contribution in [-0.4, -0.2) is 83.5 Å². The van der Waals surface area contributed by atoms with Crippen molar-refractivity contribution in [2.75, 3.05) is 45.8 Å². The van der Waals surface area contributed by atoms with E-state index in [2.05, 4.69) is 14.8 Å². The van der Waals surface area contributed by atoms with Crippen LogP contribution in [0.4, 0.5) is 4.79 Å². The minimum Gasteiger partial charge on any atom is -0.512 e. The first-order chi connectivity index (χ1) is 13.2. The van der Waals surface area contributed by atoms with Gasteiger partial charge in [0.1, 0.15) is 11.6 Å². The van der Waals surface area contributed by atoms with Gasteiger partial charge in [0, 0.05) is 56.8 Å². The number of piperidine rings is 1. The maximum Gasteiger partial charge on any atom is 0.345 e. The molecule has 3 aliphatic rings. The minimum atomic E-state index is -0.414. The van der Waals surface area contributed by atoms with Crippen LogP contribution < -0.4 is 5.73 Å². The van der Waals surface area contributed by atoms with Crippen molar-refractivity contribution < 1.29 is 9.90 Å². The van der Waals surface area contributed by atoms with E-state index in [1.54, 1.807) is 4.90 Å². The molecule has 7 heteroatoms. The summed E-state index contributed by atoms with van der Waals surface area (Å²) in [6, 6.07) is 0.556. The molecule has 2 aliphatic heterocycles. The number of piperazine rings is 1. The van der Waals surface area contributed by atoms with Crippen molar-refractivity contribution in [1.82, 2.24) is 14.7 Å². The number of aliphatic hydroxyl groups is 1. The second-order valence-corrected chi connectivity index (χ2v) is 9.62. The first-order valence-electron chi connectivity index (χ1n) is 10.7.